The van der Waals surface area contributed by atoms with Gasteiger partial charge in [-0.05, 0) is 37.9 Å². The molecule has 0 aromatic heterocycles. The van der Waals surface area contributed by atoms with Crippen LogP contribution < -0.4 is 5.32 Å². The molecular weight excluding hydrogens is 284 g/mol. The highest BCUT2D eigenvalue weighted by Gasteiger charge is 2.27. The number of urea groups is 1. The van der Waals surface area contributed by atoms with E-state index < -0.39 is 0 Å². The van der Waals surface area contributed by atoms with Gasteiger partial charge in [-0.2, -0.15) is 11.8 Å². The van der Waals surface area contributed by atoms with Gasteiger partial charge in [-0.15, -0.1) is 0 Å². The zero-order valence-electron chi connectivity index (χ0n) is 13.5. The van der Waals surface area contributed by atoms with Crippen molar-refractivity contribution in [1.82, 2.24) is 10.2 Å². The Morgan fingerprint density at radius 3 is 2.95 bits per heavy atom. The molecule has 1 heterocycles. The maximum absolute atomic E-state index is 12.4. The number of nitrogens with zero attached hydrogens (tertiary/aromatic N) is 1. The predicted molar refractivity (Wildman–Crippen MR) is 88.9 cm³/mol. The van der Waals surface area contributed by atoms with Crippen molar-refractivity contribution >= 4 is 17.8 Å². The topological polar surface area (TPSA) is 41.6 Å². The molecule has 0 spiro atoms. The van der Waals surface area contributed by atoms with Gasteiger partial charge >= 0.3 is 6.03 Å². The molecule has 0 aromatic carbocycles. The van der Waals surface area contributed by atoms with E-state index in [2.05, 4.69) is 12.2 Å². The minimum absolute atomic E-state index is 0.142. The van der Waals surface area contributed by atoms with E-state index in [0.717, 1.165) is 44.2 Å². The van der Waals surface area contributed by atoms with Gasteiger partial charge in [-0.1, -0.05) is 13.3 Å². The second kappa shape index (κ2) is 8.89. The molecule has 3 atom stereocenters. The number of thioether (sulfide) groups is 1. The molecule has 1 aliphatic carbocycles. The average molecular weight is 314 g/mol. The zero-order chi connectivity index (χ0) is 15.1. The van der Waals surface area contributed by atoms with Gasteiger partial charge in [0.15, 0.2) is 0 Å². The molecule has 0 aromatic rings. The number of hydrogen-bond donors (Lipinski definition) is 1. The summed E-state index contributed by atoms with van der Waals surface area (Å²) in [5.74, 6) is 1.68. The van der Waals surface area contributed by atoms with Crippen molar-refractivity contribution in [2.24, 2.45) is 5.92 Å². The second-order valence-electron chi connectivity index (χ2n) is 6.30. The van der Waals surface area contributed by atoms with E-state index in [1.54, 1.807) is 7.11 Å². The zero-order valence-corrected chi connectivity index (χ0v) is 14.3. The molecule has 0 unspecified atom stereocenters. The Kier molecular flexibility index (Phi) is 7.17. The molecule has 2 fully saturated rings. The van der Waals surface area contributed by atoms with Gasteiger partial charge in [0.2, 0.25) is 0 Å². The summed E-state index contributed by atoms with van der Waals surface area (Å²) in [5, 5.41) is 4.01. The van der Waals surface area contributed by atoms with Crippen molar-refractivity contribution in [1.29, 1.82) is 0 Å². The Balaban J connectivity index is 1.77. The second-order valence-corrected chi connectivity index (χ2v) is 7.88. The molecule has 2 aliphatic rings. The fraction of sp³-hybridized carbons (Fsp3) is 0.938. The number of rotatable bonds is 5. The molecular formula is C16H30N2O2S. The van der Waals surface area contributed by atoms with Crippen LogP contribution in [-0.2, 0) is 4.74 Å². The summed E-state index contributed by atoms with van der Waals surface area (Å²) in [5.41, 5.74) is 0. The normalized spacial score (nSPS) is 30.2. The summed E-state index contributed by atoms with van der Waals surface area (Å²) in [6.07, 6.45) is 7.11. The summed E-state index contributed by atoms with van der Waals surface area (Å²) >= 11 is 2.04. The summed E-state index contributed by atoms with van der Waals surface area (Å²) in [7, 11) is 1.74. The molecule has 21 heavy (non-hydrogen) atoms. The van der Waals surface area contributed by atoms with Crippen LogP contribution in [0.2, 0.25) is 0 Å². The molecule has 2 amide bonds. The fourth-order valence-electron chi connectivity index (χ4n) is 3.55. The van der Waals surface area contributed by atoms with Gasteiger partial charge < -0.3 is 15.0 Å². The van der Waals surface area contributed by atoms with Gasteiger partial charge in [0, 0.05) is 37.4 Å². The van der Waals surface area contributed by atoms with E-state index in [4.69, 9.17) is 4.74 Å². The number of ether oxygens (including phenoxy) is 1. The number of hydrogen-bond acceptors (Lipinski definition) is 3. The first-order chi connectivity index (χ1) is 10.2. The van der Waals surface area contributed by atoms with Crippen molar-refractivity contribution in [3.63, 3.8) is 0 Å². The number of amides is 2. The van der Waals surface area contributed by atoms with Crippen molar-refractivity contribution in [2.45, 2.75) is 56.7 Å². The van der Waals surface area contributed by atoms with Crippen molar-refractivity contribution in [3.8, 4) is 0 Å². The Bertz CT molecular complexity index is 323. The van der Waals surface area contributed by atoms with Crippen LogP contribution in [0.5, 0.6) is 0 Å². The molecule has 1 saturated carbocycles. The molecule has 2 rings (SSSR count). The van der Waals surface area contributed by atoms with E-state index in [-0.39, 0.29) is 6.03 Å². The molecule has 1 N–H and O–H groups in total. The van der Waals surface area contributed by atoms with Gasteiger partial charge in [-0.3, -0.25) is 0 Å². The van der Waals surface area contributed by atoms with Crippen LogP contribution in [0.4, 0.5) is 4.79 Å². The predicted octanol–water partition coefficient (Wildman–Crippen LogP) is 3.12. The lowest BCUT2D eigenvalue weighted by molar-refractivity contribution is 0.0990. The summed E-state index contributed by atoms with van der Waals surface area (Å²) in [6, 6.07) is 0.515. The number of nitrogens with one attached hydrogen (secondary N) is 1. The Hall–Kier alpha value is -0.420. The molecule has 5 heteroatoms. The van der Waals surface area contributed by atoms with Gasteiger partial charge in [0.25, 0.3) is 0 Å². The highest BCUT2D eigenvalue weighted by Crippen LogP contribution is 2.28. The monoisotopic (exact) mass is 314 g/mol. The highest BCUT2D eigenvalue weighted by atomic mass is 32.2. The highest BCUT2D eigenvalue weighted by molar-refractivity contribution is 7.99. The summed E-state index contributed by atoms with van der Waals surface area (Å²) in [6.45, 7) is 4.73. The molecule has 1 saturated heterocycles. The minimum Gasteiger partial charge on any atom is -0.384 e. The molecule has 122 valence electrons. The Morgan fingerprint density at radius 2 is 2.19 bits per heavy atom. The van der Waals surface area contributed by atoms with Crippen LogP contribution in [0.25, 0.3) is 0 Å². The average Bonchev–Trinajstić information content (AvgIpc) is 2.48. The van der Waals surface area contributed by atoms with Crippen LogP contribution in [-0.4, -0.2) is 54.8 Å². The third kappa shape index (κ3) is 5.37. The maximum atomic E-state index is 12.4. The first-order valence-electron chi connectivity index (χ1n) is 8.39. The molecule has 0 bridgehead atoms. The van der Waals surface area contributed by atoms with E-state index in [1.165, 1.54) is 25.0 Å². The first kappa shape index (κ1) is 16.9. The molecule has 1 aliphatic heterocycles. The number of methoxy groups -OCH3 is 1. The van der Waals surface area contributed by atoms with Gasteiger partial charge in [0.1, 0.15) is 0 Å². The summed E-state index contributed by atoms with van der Waals surface area (Å²) in [4.78, 5) is 14.4. The van der Waals surface area contributed by atoms with E-state index in [1.807, 2.05) is 16.7 Å². The number of carbonyl (C=O) groups excluding carboxylic acids is 1. The van der Waals surface area contributed by atoms with E-state index in [0.29, 0.717) is 12.0 Å². The lowest BCUT2D eigenvalue weighted by Crippen LogP contribution is -2.50. The van der Waals surface area contributed by atoms with Crippen LogP contribution in [0.1, 0.15) is 45.4 Å². The van der Waals surface area contributed by atoms with Gasteiger partial charge in [0.05, 0.1) is 6.61 Å². The Labute approximate surface area is 133 Å². The number of carbonyl (C=O) groups is 1. The van der Waals surface area contributed by atoms with E-state index >= 15 is 0 Å². The quantitative estimate of drug-likeness (QED) is 0.848. The molecule has 4 nitrogen and oxygen atoms in total. The standard InChI is InChI=1S/C16H30N2O2S/c1-3-21-15-8-4-7-14(10-15)17-16(19)18-9-5-6-13(11-18)12-20-2/h13-15H,3-12H2,1-2H3,(H,17,19)/t13-,14+,15-/m1/s1. The molecule has 0 radical (unpaired) electrons. The lowest BCUT2D eigenvalue weighted by Gasteiger charge is -2.35. The van der Waals surface area contributed by atoms with Crippen LogP contribution in [0.3, 0.4) is 0 Å². The van der Waals surface area contributed by atoms with Crippen molar-refractivity contribution < 1.29 is 9.53 Å². The van der Waals surface area contributed by atoms with Crippen LogP contribution in [0.15, 0.2) is 0 Å². The lowest BCUT2D eigenvalue weighted by atomic mass is 9.95. The van der Waals surface area contributed by atoms with Crippen LogP contribution >= 0.6 is 11.8 Å². The first-order valence-corrected chi connectivity index (χ1v) is 9.43. The third-order valence-electron chi connectivity index (χ3n) is 4.56. The number of piperidine rings is 1. The van der Waals surface area contributed by atoms with Crippen LogP contribution in [0, 0.1) is 5.92 Å². The van der Waals surface area contributed by atoms with E-state index in [9.17, 15) is 4.79 Å². The largest absolute Gasteiger partial charge is 0.384 e. The fourth-order valence-corrected chi connectivity index (χ4v) is 4.72. The smallest absolute Gasteiger partial charge is 0.317 e. The van der Waals surface area contributed by atoms with Crippen molar-refractivity contribution in [3.05, 3.63) is 0 Å². The maximum Gasteiger partial charge on any atom is 0.317 e. The SMILES string of the molecule is CCS[C@@H]1CCC[C@H](NC(=O)N2CCC[C@@H](COC)C2)C1. The van der Waals surface area contributed by atoms with Gasteiger partial charge in [-0.25, -0.2) is 4.79 Å². The minimum atomic E-state index is 0.142. The van der Waals surface area contributed by atoms with Crippen molar-refractivity contribution in [2.75, 3.05) is 32.6 Å². The third-order valence-corrected chi connectivity index (χ3v) is 5.80. The summed E-state index contributed by atoms with van der Waals surface area (Å²) < 4.78 is 5.24. The number of likely N-dealkylation sites (tertiary alicyclic amines) is 1. The Morgan fingerprint density at radius 1 is 1.33 bits per heavy atom.